The summed E-state index contributed by atoms with van der Waals surface area (Å²) in [5, 5.41) is 42.8. The van der Waals surface area contributed by atoms with Gasteiger partial charge in [0.15, 0.2) is 5.78 Å². The Morgan fingerprint density at radius 3 is 1.11 bits per heavy atom. The summed E-state index contributed by atoms with van der Waals surface area (Å²) in [5.74, 6) is 3.88. The second-order valence-electron chi connectivity index (χ2n) is 36.6. The lowest BCUT2D eigenvalue weighted by atomic mass is 9.98. The van der Waals surface area contributed by atoms with Crippen LogP contribution in [0.1, 0.15) is 238 Å². The summed E-state index contributed by atoms with van der Waals surface area (Å²) in [4.78, 5) is 99.2. The molecule has 15 rings (SSSR count). The zero-order valence-corrected chi connectivity index (χ0v) is 78.4. The number of hydrogen-bond acceptors (Lipinski definition) is 20. The van der Waals surface area contributed by atoms with E-state index in [1.165, 1.54) is 58.3 Å². The van der Waals surface area contributed by atoms with Crippen LogP contribution in [0.15, 0.2) is 203 Å². The van der Waals surface area contributed by atoms with Crippen LogP contribution in [0, 0.1) is 0 Å². The molecule has 750 valence electrons. The van der Waals surface area contributed by atoms with Crippen LogP contribution in [0.25, 0.3) is 22.9 Å². The quantitative estimate of drug-likeness (QED) is 0.0130. The number of nitrogen functional groups attached to an aromatic ring is 1. The van der Waals surface area contributed by atoms with Crippen LogP contribution in [-0.2, 0) is 79.0 Å². The van der Waals surface area contributed by atoms with Crippen molar-refractivity contribution in [3.63, 3.8) is 0 Å². The standard InChI is InChI=1S/C26H29F3N2O4.C25H26F3N3O3.C20H18F3N3O.C15H13F3N2O.C10H17NO4.C5H9NO2/c1-25(2,3)35-24(34)31-14-6-9-21(31)22(32)16-30-23(33)20-8-5-4-7-18(20)15-17-10-12-19(13-11-17)26(27,28)29;1-24(2,3)34-23(32)31-14-6-9-20(31)22-30-29-21(33-22)19-8-5-4-7-17(19)15-16-10-12-18(13-11-16)25(26,27)28;21-20(22,23)15-9-7-13(8-10-15)12-14-4-1-2-5-16(14)18-25-26-19(27-18)17-6-3-11-24-17;16-15(17,18)12-7-5-10(6-8-12)9-11-3-1-2-4-13(11)14(21)20-19;1-10(2,3)15-9(14)11-6-4-5-7(11)8(12)13;7-5(8)4-2-1-3-6-4/h4-5,7-8,10-13,21H,6,9,14-16H2,1-3H3,(H,30,33);4-5,7-8,10-13,20H,6,9,14-15H2,1-3H3;1-2,4-5,7-10,17,24H,3,6,11-12H2;1-8H,9,19H2,(H,20,21);7H,4-6H2,1-3H3,(H,12,13);4,6H,1-3H2,(H,7,8). The first-order valence-electron chi connectivity index (χ1n) is 45.3. The van der Waals surface area contributed by atoms with E-state index in [-0.39, 0.29) is 36.9 Å². The van der Waals surface area contributed by atoms with E-state index in [1.807, 2.05) is 74.7 Å². The number of benzene rings is 8. The maximum absolute atomic E-state index is 12.9. The molecule has 7 heterocycles. The normalized spacial score (nSPS) is 17.0. The van der Waals surface area contributed by atoms with Crippen molar-refractivity contribution in [2.75, 3.05) is 39.3 Å². The molecule has 5 amide bonds. The van der Waals surface area contributed by atoms with Crippen molar-refractivity contribution < 1.29 is 124 Å². The Morgan fingerprint density at radius 2 is 0.736 bits per heavy atom. The number of Topliss-reactive ketones (excluding diaryl/α,β-unsaturated/α-hetero) is 1. The van der Waals surface area contributed by atoms with Crippen molar-refractivity contribution in [1.82, 2.24) is 56.5 Å². The van der Waals surface area contributed by atoms with E-state index in [1.54, 1.807) is 95.0 Å². The van der Waals surface area contributed by atoms with E-state index in [4.69, 9.17) is 39.1 Å². The van der Waals surface area contributed by atoms with Crippen molar-refractivity contribution in [2.24, 2.45) is 5.84 Å². The monoisotopic (exact) mass is 1960 g/mol. The second kappa shape index (κ2) is 47.9. The molecule has 5 fully saturated rings. The zero-order chi connectivity index (χ0) is 102. The van der Waals surface area contributed by atoms with Gasteiger partial charge in [-0.1, -0.05) is 121 Å². The molecule has 0 radical (unpaired) electrons. The third-order valence-corrected chi connectivity index (χ3v) is 22.5. The predicted molar refractivity (Wildman–Crippen MR) is 491 cm³/mol. The van der Waals surface area contributed by atoms with Crippen LogP contribution in [0.2, 0.25) is 0 Å². The number of hydrazine groups is 1. The van der Waals surface area contributed by atoms with E-state index in [0.717, 1.165) is 128 Å². The average Bonchev–Trinajstić information content (AvgIpc) is 1.66. The Kier molecular flexibility index (Phi) is 37.1. The largest absolute Gasteiger partial charge is 0.480 e. The molecule has 0 aliphatic carbocycles. The highest BCUT2D eigenvalue weighted by molar-refractivity contribution is 5.99. The molecule has 27 nitrogen and oxygen atoms in total. The highest BCUT2D eigenvalue weighted by Crippen LogP contribution is 2.39. The first-order chi connectivity index (χ1) is 65.9. The molecule has 5 saturated heterocycles. The summed E-state index contributed by atoms with van der Waals surface area (Å²) in [7, 11) is 0. The molecule has 2 aromatic heterocycles. The lowest BCUT2D eigenvalue weighted by Gasteiger charge is -2.28. The van der Waals surface area contributed by atoms with Gasteiger partial charge < -0.3 is 49.2 Å². The van der Waals surface area contributed by atoms with E-state index in [0.29, 0.717) is 127 Å². The lowest BCUT2D eigenvalue weighted by molar-refractivity contribution is -0.142. The number of aliphatic carboxylic acids is 2. The Bertz CT molecular complexity index is 5820. The molecule has 0 bridgehead atoms. The van der Waals surface area contributed by atoms with Gasteiger partial charge in [0.25, 0.3) is 11.8 Å². The maximum Gasteiger partial charge on any atom is 0.416 e. The number of rotatable bonds is 19. The number of carbonyl (C=O) groups excluding carboxylic acids is 6. The molecule has 5 atom stereocenters. The van der Waals surface area contributed by atoms with Gasteiger partial charge in [-0.3, -0.25) is 39.3 Å². The van der Waals surface area contributed by atoms with Gasteiger partial charge in [-0.15, -0.1) is 20.4 Å². The van der Waals surface area contributed by atoms with Gasteiger partial charge in [0.05, 0.1) is 40.9 Å². The van der Waals surface area contributed by atoms with Crippen LogP contribution in [0.3, 0.4) is 0 Å². The molecule has 140 heavy (non-hydrogen) atoms. The fourth-order valence-electron chi connectivity index (χ4n) is 15.7. The van der Waals surface area contributed by atoms with Crippen molar-refractivity contribution in [3.05, 3.63) is 284 Å². The summed E-state index contributed by atoms with van der Waals surface area (Å²) in [6.45, 7) is 18.9. The number of halogens is 12. The maximum atomic E-state index is 12.9. The number of hydrogen-bond donors (Lipinski definition) is 7. The van der Waals surface area contributed by atoms with Gasteiger partial charge in [-0.05, 0) is 283 Å². The number of carbonyl (C=O) groups is 8. The van der Waals surface area contributed by atoms with Gasteiger partial charge in [-0.25, -0.2) is 25.0 Å². The first-order valence-corrected chi connectivity index (χ1v) is 45.3. The van der Waals surface area contributed by atoms with Crippen molar-refractivity contribution in [2.45, 2.75) is 224 Å². The van der Waals surface area contributed by atoms with Gasteiger partial charge in [0.1, 0.15) is 34.9 Å². The van der Waals surface area contributed by atoms with Crippen LogP contribution >= 0.6 is 0 Å². The number of nitrogens with zero attached hydrogens (tertiary/aromatic N) is 7. The Morgan fingerprint density at radius 1 is 0.393 bits per heavy atom. The minimum atomic E-state index is -4.42. The van der Waals surface area contributed by atoms with Gasteiger partial charge in [-0.2, -0.15) is 52.7 Å². The molecule has 5 aliphatic rings. The topological polar surface area (TPSA) is 366 Å². The van der Waals surface area contributed by atoms with Crippen LogP contribution in [-0.4, -0.2) is 167 Å². The van der Waals surface area contributed by atoms with Crippen molar-refractivity contribution >= 4 is 47.8 Å². The molecule has 0 saturated carbocycles. The Balaban J connectivity index is 0.000000180. The van der Waals surface area contributed by atoms with Crippen LogP contribution < -0.4 is 27.2 Å². The molecule has 8 N–H and O–H groups in total. The van der Waals surface area contributed by atoms with Crippen LogP contribution in [0.4, 0.5) is 67.1 Å². The summed E-state index contributed by atoms with van der Waals surface area (Å²) in [5.41, 5.74) is 5.53. The SMILES string of the molecule is CC(C)(C)OC(=O)N1CCCC1C(=O)CNC(=O)c1ccccc1Cc1ccc(C(F)(F)F)cc1.CC(C)(C)OC(=O)N1CCCC1C(=O)O.CC(C)(C)OC(=O)N1CCCC1c1nnc(-c2ccccc2Cc2ccc(C(F)(F)F)cc2)o1.FC(F)(F)c1ccc(Cc2ccccc2-c2nnc(C3CCCN3)o2)cc1.NNC(=O)c1ccccc1Cc1ccc(C(F)(F)F)cc1.O=C(O)C1CCCN1. The first kappa shape index (κ1) is 108. The predicted octanol–water partition coefficient (Wildman–Crippen LogP) is 20.4. The minimum absolute atomic E-state index is 0.0910. The Hall–Kier alpha value is -13.6. The summed E-state index contributed by atoms with van der Waals surface area (Å²) in [6, 6.07) is 46.5. The van der Waals surface area contributed by atoms with Gasteiger partial charge in [0.2, 0.25) is 23.6 Å². The molecular formula is C101H112F12N12O15. The number of carboxylic acids is 2. The second-order valence-corrected chi connectivity index (χ2v) is 36.6. The number of aromatic nitrogens is 4. The molecule has 39 heteroatoms. The highest BCUT2D eigenvalue weighted by Gasteiger charge is 2.42. The van der Waals surface area contributed by atoms with Gasteiger partial charge in [0, 0.05) is 41.9 Å². The van der Waals surface area contributed by atoms with Crippen LogP contribution in [0.5, 0.6) is 0 Å². The number of nitrogens with one attached hydrogen (secondary N) is 4. The molecular weight excluding hydrogens is 1850 g/mol. The summed E-state index contributed by atoms with van der Waals surface area (Å²) < 4.78 is 181. The fourth-order valence-corrected chi connectivity index (χ4v) is 15.7. The number of amides is 5. The Labute approximate surface area is 800 Å². The van der Waals surface area contributed by atoms with Crippen molar-refractivity contribution in [3.8, 4) is 22.9 Å². The van der Waals surface area contributed by atoms with Gasteiger partial charge >= 0.3 is 54.9 Å². The molecule has 5 aliphatic heterocycles. The van der Waals surface area contributed by atoms with E-state index in [9.17, 15) is 91.0 Å². The third kappa shape index (κ3) is 32.3. The lowest BCUT2D eigenvalue weighted by Crippen LogP contribution is -2.46. The number of ketones is 1. The summed E-state index contributed by atoms with van der Waals surface area (Å²) in [6.07, 6.45) is -9.78. The average molecular weight is 1960 g/mol. The fraction of sp³-hybridized carbons (Fsp3) is 0.406. The summed E-state index contributed by atoms with van der Waals surface area (Å²) >= 11 is 0. The molecule has 10 aromatic rings. The zero-order valence-electron chi connectivity index (χ0n) is 78.4. The molecule has 8 aromatic carbocycles. The number of carboxylic acid groups (broad SMARTS) is 2. The minimum Gasteiger partial charge on any atom is -0.480 e. The van der Waals surface area contributed by atoms with E-state index >= 15 is 0 Å². The van der Waals surface area contributed by atoms with E-state index < -0.39 is 118 Å². The number of nitrogens with two attached hydrogens (primary N) is 1. The highest BCUT2D eigenvalue weighted by atomic mass is 19.4. The third-order valence-electron chi connectivity index (χ3n) is 22.5. The molecule has 5 unspecified atom stereocenters. The number of likely N-dealkylation sites (tertiary alicyclic amines) is 3. The van der Waals surface area contributed by atoms with Crippen molar-refractivity contribution in [1.29, 1.82) is 0 Å². The molecule has 0 spiro atoms. The smallest absolute Gasteiger partial charge is 0.416 e. The number of ether oxygens (including phenoxy) is 3. The number of alkyl halides is 12. The van der Waals surface area contributed by atoms with E-state index in [2.05, 4.69) is 36.3 Å².